The lowest BCUT2D eigenvalue weighted by Gasteiger charge is -2.16. The van der Waals surface area contributed by atoms with E-state index in [1.807, 2.05) is 6.92 Å². The SMILES string of the molecule is CCOc1cc(C(=O)Nc2nnc(-c3ccc(C(F)(F)F)cc3)o2)cc(OCC)c1OCC. The minimum Gasteiger partial charge on any atom is -0.490 e. The van der Waals surface area contributed by atoms with Crippen LogP contribution in [0, 0.1) is 0 Å². The molecular weight excluding hydrogens is 443 g/mol. The number of nitrogens with one attached hydrogen (secondary N) is 1. The highest BCUT2D eigenvalue weighted by atomic mass is 19.4. The molecule has 1 heterocycles. The van der Waals surface area contributed by atoms with Gasteiger partial charge in [-0.2, -0.15) is 13.2 Å². The lowest BCUT2D eigenvalue weighted by Crippen LogP contribution is -2.13. The number of hydrogen-bond acceptors (Lipinski definition) is 7. The minimum atomic E-state index is -4.45. The Morgan fingerprint density at radius 3 is 2.03 bits per heavy atom. The second kappa shape index (κ2) is 10.2. The number of ether oxygens (including phenoxy) is 3. The smallest absolute Gasteiger partial charge is 0.416 e. The van der Waals surface area contributed by atoms with Crippen molar-refractivity contribution in [3.05, 3.63) is 47.5 Å². The molecule has 0 aliphatic rings. The summed E-state index contributed by atoms with van der Waals surface area (Å²) in [6.07, 6.45) is -4.45. The molecule has 0 atom stereocenters. The summed E-state index contributed by atoms with van der Waals surface area (Å²) in [5.74, 6) is 0.441. The summed E-state index contributed by atoms with van der Waals surface area (Å²) in [5, 5.41) is 9.97. The van der Waals surface area contributed by atoms with E-state index in [9.17, 15) is 18.0 Å². The van der Waals surface area contributed by atoms with Crippen LogP contribution in [0.5, 0.6) is 17.2 Å². The number of carbonyl (C=O) groups excluding carboxylic acids is 1. The largest absolute Gasteiger partial charge is 0.490 e. The van der Waals surface area contributed by atoms with Crippen LogP contribution in [-0.2, 0) is 6.18 Å². The second-order valence-corrected chi connectivity index (χ2v) is 6.54. The summed E-state index contributed by atoms with van der Waals surface area (Å²) < 4.78 is 60.4. The predicted molar refractivity (Wildman–Crippen MR) is 113 cm³/mol. The molecule has 11 heteroatoms. The van der Waals surface area contributed by atoms with E-state index in [1.54, 1.807) is 13.8 Å². The number of halogens is 3. The Bertz CT molecular complexity index is 1070. The van der Waals surface area contributed by atoms with Crippen molar-refractivity contribution in [1.82, 2.24) is 10.2 Å². The summed E-state index contributed by atoms with van der Waals surface area (Å²) in [5.41, 5.74) is -0.334. The Balaban J connectivity index is 1.82. The van der Waals surface area contributed by atoms with Gasteiger partial charge in [-0.1, -0.05) is 5.10 Å². The van der Waals surface area contributed by atoms with Gasteiger partial charge in [0.2, 0.25) is 11.6 Å². The fourth-order valence-corrected chi connectivity index (χ4v) is 2.88. The van der Waals surface area contributed by atoms with Crippen molar-refractivity contribution in [3.63, 3.8) is 0 Å². The number of benzene rings is 2. The fraction of sp³-hybridized carbons (Fsp3) is 0.318. The number of nitrogens with zero attached hydrogens (tertiary/aromatic N) is 2. The minimum absolute atomic E-state index is 0.0456. The van der Waals surface area contributed by atoms with Crippen LogP contribution in [-0.4, -0.2) is 35.9 Å². The van der Waals surface area contributed by atoms with Gasteiger partial charge in [-0.15, -0.1) is 5.10 Å². The van der Waals surface area contributed by atoms with Crippen LogP contribution in [0.25, 0.3) is 11.5 Å². The maximum Gasteiger partial charge on any atom is 0.416 e. The molecule has 1 aromatic heterocycles. The van der Waals surface area contributed by atoms with Crippen molar-refractivity contribution >= 4 is 11.9 Å². The highest BCUT2D eigenvalue weighted by molar-refractivity contribution is 6.04. The van der Waals surface area contributed by atoms with Gasteiger partial charge in [0.05, 0.1) is 25.4 Å². The van der Waals surface area contributed by atoms with E-state index in [4.69, 9.17) is 18.6 Å². The molecule has 0 saturated carbocycles. The second-order valence-electron chi connectivity index (χ2n) is 6.54. The van der Waals surface area contributed by atoms with Crippen LogP contribution < -0.4 is 19.5 Å². The lowest BCUT2D eigenvalue weighted by molar-refractivity contribution is -0.137. The lowest BCUT2D eigenvalue weighted by atomic mass is 10.1. The van der Waals surface area contributed by atoms with Gasteiger partial charge in [0.25, 0.3) is 5.91 Å². The summed E-state index contributed by atoms with van der Waals surface area (Å²) in [4.78, 5) is 12.8. The molecule has 176 valence electrons. The summed E-state index contributed by atoms with van der Waals surface area (Å²) in [6.45, 7) is 6.47. The number of aromatic nitrogens is 2. The zero-order valence-corrected chi connectivity index (χ0v) is 18.2. The van der Waals surface area contributed by atoms with Crippen LogP contribution in [0.4, 0.5) is 19.2 Å². The van der Waals surface area contributed by atoms with Crippen LogP contribution >= 0.6 is 0 Å². The quantitative estimate of drug-likeness (QED) is 0.464. The zero-order chi connectivity index (χ0) is 24.0. The Labute approximate surface area is 187 Å². The first kappa shape index (κ1) is 23.9. The molecule has 0 saturated heterocycles. The Kier molecular flexibility index (Phi) is 7.41. The van der Waals surface area contributed by atoms with E-state index >= 15 is 0 Å². The number of amides is 1. The van der Waals surface area contributed by atoms with Gasteiger partial charge >= 0.3 is 12.2 Å². The highest BCUT2D eigenvalue weighted by Crippen LogP contribution is 2.39. The van der Waals surface area contributed by atoms with Crippen molar-refractivity contribution in [2.24, 2.45) is 0 Å². The standard InChI is InChI=1S/C22H22F3N3O5/c1-4-30-16-11-14(12-17(31-5-2)18(16)32-6-3)19(29)26-21-28-27-20(33-21)13-7-9-15(10-8-13)22(23,24)25/h7-12H,4-6H2,1-3H3,(H,26,28,29). The molecule has 1 N–H and O–H groups in total. The van der Waals surface area contributed by atoms with Crippen LogP contribution in [0.3, 0.4) is 0 Å². The Morgan fingerprint density at radius 1 is 0.939 bits per heavy atom. The van der Waals surface area contributed by atoms with E-state index < -0.39 is 17.6 Å². The van der Waals surface area contributed by atoms with E-state index in [2.05, 4.69) is 15.5 Å². The maximum absolute atomic E-state index is 12.8. The van der Waals surface area contributed by atoms with Crippen molar-refractivity contribution in [2.45, 2.75) is 26.9 Å². The average molecular weight is 465 g/mol. The third kappa shape index (κ3) is 5.73. The molecule has 0 spiro atoms. The monoisotopic (exact) mass is 465 g/mol. The van der Waals surface area contributed by atoms with E-state index in [0.29, 0.717) is 37.1 Å². The number of hydrogen-bond donors (Lipinski definition) is 1. The van der Waals surface area contributed by atoms with Gasteiger partial charge in [-0.05, 0) is 57.2 Å². The van der Waals surface area contributed by atoms with E-state index in [1.165, 1.54) is 24.3 Å². The van der Waals surface area contributed by atoms with Crippen molar-refractivity contribution in [2.75, 3.05) is 25.1 Å². The van der Waals surface area contributed by atoms with Gasteiger partial charge < -0.3 is 18.6 Å². The first-order valence-corrected chi connectivity index (χ1v) is 10.2. The molecule has 0 aliphatic heterocycles. The normalized spacial score (nSPS) is 11.2. The average Bonchev–Trinajstić information content (AvgIpc) is 3.24. The van der Waals surface area contributed by atoms with Crippen LogP contribution in [0.15, 0.2) is 40.8 Å². The fourth-order valence-electron chi connectivity index (χ4n) is 2.88. The molecule has 8 nitrogen and oxygen atoms in total. The van der Waals surface area contributed by atoms with Crippen molar-refractivity contribution in [3.8, 4) is 28.7 Å². The molecule has 0 aliphatic carbocycles. The molecule has 0 radical (unpaired) electrons. The highest BCUT2D eigenvalue weighted by Gasteiger charge is 2.30. The first-order valence-electron chi connectivity index (χ1n) is 10.2. The van der Waals surface area contributed by atoms with Crippen molar-refractivity contribution in [1.29, 1.82) is 0 Å². The number of alkyl halides is 3. The van der Waals surface area contributed by atoms with Gasteiger partial charge in [0, 0.05) is 11.1 Å². The van der Waals surface area contributed by atoms with Gasteiger partial charge in [0.1, 0.15) is 0 Å². The van der Waals surface area contributed by atoms with E-state index in [0.717, 1.165) is 12.1 Å². The molecule has 0 fully saturated rings. The third-order valence-electron chi connectivity index (χ3n) is 4.28. The molecule has 33 heavy (non-hydrogen) atoms. The molecule has 2 aromatic carbocycles. The van der Waals surface area contributed by atoms with Crippen LogP contribution in [0.1, 0.15) is 36.7 Å². The van der Waals surface area contributed by atoms with Crippen LogP contribution in [0.2, 0.25) is 0 Å². The van der Waals surface area contributed by atoms with Gasteiger partial charge in [-0.25, -0.2) is 0 Å². The van der Waals surface area contributed by atoms with Gasteiger partial charge in [-0.3, -0.25) is 10.1 Å². The molecule has 3 rings (SSSR count). The van der Waals surface area contributed by atoms with Gasteiger partial charge in [0.15, 0.2) is 11.5 Å². The number of anilines is 1. The van der Waals surface area contributed by atoms with E-state index in [-0.39, 0.29) is 23.0 Å². The Morgan fingerprint density at radius 2 is 1.52 bits per heavy atom. The molecule has 0 bridgehead atoms. The summed E-state index contributed by atoms with van der Waals surface area (Å²) in [7, 11) is 0. The molecule has 3 aromatic rings. The molecular formula is C22H22F3N3O5. The predicted octanol–water partition coefficient (Wildman–Crippen LogP) is 5.20. The number of rotatable bonds is 9. The summed E-state index contributed by atoms with van der Waals surface area (Å²) >= 11 is 0. The maximum atomic E-state index is 12.8. The topological polar surface area (TPSA) is 95.7 Å². The molecule has 0 unspecified atom stereocenters. The summed E-state index contributed by atoms with van der Waals surface area (Å²) in [6, 6.07) is 7.00. The zero-order valence-electron chi connectivity index (χ0n) is 18.2. The first-order chi connectivity index (χ1) is 15.8. The molecule has 1 amide bonds. The Hall–Kier alpha value is -3.76. The third-order valence-corrected chi connectivity index (χ3v) is 4.28. The number of carbonyl (C=O) groups is 1. The van der Waals surface area contributed by atoms with Crippen molar-refractivity contribution < 1.29 is 36.6 Å².